The fraction of sp³-hybridized carbons (Fsp3) is 0.778. The van der Waals surface area contributed by atoms with E-state index in [1.807, 2.05) is 25.9 Å². The first-order valence-electron chi connectivity index (χ1n) is 4.77. The smallest absolute Gasteiger partial charge is 0.325 e. The first-order valence-corrected chi connectivity index (χ1v) is 4.77. The molecule has 0 heterocycles. The van der Waals surface area contributed by atoms with E-state index in [1.165, 1.54) is 6.92 Å². The third-order valence-electron chi connectivity index (χ3n) is 1.73. The average Bonchev–Trinajstić information content (AvgIpc) is 2.00. The van der Waals surface area contributed by atoms with Crippen LogP contribution in [0.1, 0.15) is 13.8 Å². The summed E-state index contributed by atoms with van der Waals surface area (Å²) in [7, 11) is 3.80. The number of carbonyl (C=O) groups is 2. The van der Waals surface area contributed by atoms with Gasteiger partial charge < -0.3 is 20.6 Å². The Morgan fingerprint density at radius 3 is 2.20 bits per heavy atom. The van der Waals surface area contributed by atoms with Gasteiger partial charge in [-0.1, -0.05) is 0 Å². The topological polar surface area (TPSA) is 81.7 Å². The van der Waals surface area contributed by atoms with Crippen LogP contribution in [0.2, 0.25) is 0 Å². The molecule has 2 unspecified atom stereocenters. The van der Waals surface area contributed by atoms with Gasteiger partial charge in [0.15, 0.2) is 0 Å². The number of carboxylic acid groups (broad SMARTS) is 1. The summed E-state index contributed by atoms with van der Waals surface area (Å²) in [5, 5.41) is 13.5. The second-order valence-corrected chi connectivity index (χ2v) is 3.84. The summed E-state index contributed by atoms with van der Waals surface area (Å²) in [6.07, 6.45) is 0. The zero-order chi connectivity index (χ0) is 12.0. The lowest BCUT2D eigenvalue weighted by molar-refractivity contribution is -0.138. The van der Waals surface area contributed by atoms with Crippen molar-refractivity contribution in [3.8, 4) is 0 Å². The van der Waals surface area contributed by atoms with E-state index in [0.29, 0.717) is 6.54 Å². The lowest BCUT2D eigenvalue weighted by atomic mass is 10.3. The molecule has 0 aromatic carbocycles. The van der Waals surface area contributed by atoms with Gasteiger partial charge in [0.1, 0.15) is 6.04 Å². The van der Waals surface area contributed by atoms with E-state index in [-0.39, 0.29) is 6.04 Å². The normalized spacial score (nSPS) is 14.5. The Morgan fingerprint density at radius 2 is 1.80 bits per heavy atom. The Balaban J connectivity index is 3.88. The number of rotatable bonds is 5. The first-order chi connectivity index (χ1) is 6.82. The number of urea groups is 1. The molecule has 0 aliphatic heterocycles. The molecule has 0 aliphatic carbocycles. The molecule has 0 bridgehead atoms. The van der Waals surface area contributed by atoms with Crippen molar-refractivity contribution in [2.24, 2.45) is 0 Å². The molecule has 6 heteroatoms. The van der Waals surface area contributed by atoms with Crippen molar-refractivity contribution in [1.82, 2.24) is 15.5 Å². The van der Waals surface area contributed by atoms with E-state index in [4.69, 9.17) is 5.11 Å². The number of nitrogens with one attached hydrogen (secondary N) is 2. The standard InChI is InChI=1S/C9H19N3O3/c1-6(5-12(3)4)10-9(15)11-7(2)8(13)14/h6-7H,5H2,1-4H3,(H,13,14)(H2,10,11,15). The number of hydrogen-bond acceptors (Lipinski definition) is 3. The largest absolute Gasteiger partial charge is 0.480 e. The molecule has 6 nitrogen and oxygen atoms in total. The molecule has 15 heavy (non-hydrogen) atoms. The van der Waals surface area contributed by atoms with Gasteiger partial charge in [0.25, 0.3) is 0 Å². The van der Waals surface area contributed by atoms with Gasteiger partial charge in [-0.25, -0.2) is 4.79 Å². The molecule has 0 saturated carbocycles. The minimum absolute atomic E-state index is 0.0269. The summed E-state index contributed by atoms with van der Waals surface area (Å²) < 4.78 is 0. The van der Waals surface area contributed by atoms with Gasteiger partial charge >= 0.3 is 12.0 Å². The van der Waals surface area contributed by atoms with E-state index in [2.05, 4.69) is 10.6 Å². The van der Waals surface area contributed by atoms with E-state index in [9.17, 15) is 9.59 Å². The van der Waals surface area contributed by atoms with Crippen LogP contribution < -0.4 is 10.6 Å². The predicted molar refractivity (Wildman–Crippen MR) is 56.8 cm³/mol. The monoisotopic (exact) mass is 217 g/mol. The van der Waals surface area contributed by atoms with Crippen LogP contribution in [0.5, 0.6) is 0 Å². The van der Waals surface area contributed by atoms with Crippen LogP contribution in [0.15, 0.2) is 0 Å². The Morgan fingerprint density at radius 1 is 1.27 bits per heavy atom. The number of aliphatic carboxylic acids is 1. The summed E-state index contributed by atoms with van der Waals surface area (Å²) in [5.74, 6) is -1.05. The zero-order valence-corrected chi connectivity index (χ0v) is 9.57. The van der Waals surface area contributed by atoms with Crippen molar-refractivity contribution in [2.75, 3.05) is 20.6 Å². The maximum atomic E-state index is 11.2. The molecule has 0 aromatic heterocycles. The lowest BCUT2D eigenvalue weighted by Crippen LogP contribution is -2.49. The molecule has 0 rings (SSSR count). The fourth-order valence-electron chi connectivity index (χ4n) is 1.12. The molecule has 0 aromatic rings. The molecule has 0 spiro atoms. The van der Waals surface area contributed by atoms with E-state index >= 15 is 0 Å². The van der Waals surface area contributed by atoms with Crippen LogP contribution in [0.4, 0.5) is 4.79 Å². The SMILES string of the molecule is CC(CN(C)C)NC(=O)NC(C)C(=O)O. The highest BCUT2D eigenvalue weighted by molar-refractivity contribution is 5.82. The molecule has 0 saturated heterocycles. The summed E-state index contributed by atoms with van der Waals surface area (Å²) in [4.78, 5) is 23.6. The van der Waals surface area contributed by atoms with Crippen molar-refractivity contribution in [3.05, 3.63) is 0 Å². The summed E-state index contributed by atoms with van der Waals surface area (Å²) in [5.41, 5.74) is 0. The number of carboxylic acids is 1. The Bertz CT molecular complexity index is 231. The molecular formula is C9H19N3O3. The number of likely N-dealkylation sites (N-methyl/N-ethyl adjacent to an activating group) is 1. The Kier molecular flexibility index (Phi) is 5.69. The third kappa shape index (κ3) is 6.73. The summed E-state index contributed by atoms with van der Waals surface area (Å²) >= 11 is 0. The molecule has 88 valence electrons. The minimum Gasteiger partial charge on any atom is -0.480 e. The van der Waals surface area contributed by atoms with Gasteiger partial charge in [-0.2, -0.15) is 0 Å². The maximum absolute atomic E-state index is 11.2. The van der Waals surface area contributed by atoms with Crippen LogP contribution in [-0.2, 0) is 4.79 Å². The highest BCUT2D eigenvalue weighted by Crippen LogP contribution is 1.86. The van der Waals surface area contributed by atoms with Crippen LogP contribution in [0.3, 0.4) is 0 Å². The van der Waals surface area contributed by atoms with Crippen LogP contribution in [-0.4, -0.2) is 54.7 Å². The Labute approximate surface area is 89.6 Å². The zero-order valence-electron chi connectivity index (χ0n) is 9.57. The van der Waals surface area contributed by atoms with Gasteiger partial charge in [0.2, 0.25) is 0 Å². The first kappa shape index (κ1) is 13.7. The van der Waals surface area contributed by atoms with E-state index in [1.54, 1.807) is 0 Å². The molecule has 2 atom stereocenters. The number of carbonyl (C=O) groups excluding carboxylic acids is 1. The molecule has 0 aliphatic rings. The molecule has 0 radical (unpaired) electrons. The molecular weight excluding hydrogens is 198 g/mol. The molecule has 0 fully saturated rings. The van der Waals surface area contributed by atoms with Crippen LogP contribution in [0, 0.1) is 0 Å². The third-order valence-corrected chi connectivity index (χ3v) is 1.73. The quantitative estimate of drug-likeness (QED) is 0.591. The average molecular weight is 217 g/mol. The Hall–Kier alpha value is -1.30. The van der Waals surface area contributed by atoms with Gasteiger partial charge in [-0.05, 0) is 27.9 Å². The van der Waals surface area contributed by atoms with Crippen LogP contribution >= 0.6 is 0 Å². The van der Waals surface area contributed by atoms with Crippen molar-refractivity contribution in [3.63, 3.8) is 0 Å². The maximum Gasteiger partial charge on any atom is 0.325 e. The summed E-state index contributed by atoms with van der Waals surface area (Å²) in [6, 6.07) is -1.36. The minimum atomic E-state index is -1.05. The van der Waals surface area contributed by atoms with E-state index < -0.39 is 18.0 Å². The van der Waals surface area contributed by atoms with Crippen LogP contribution in [0.25, 0.3) is 0 Å². The fourth-order valence-corrected chi connectivity index (χ4v) is 1.12. The van der Waals surface area contributed by atoms with Gasteiger partial charge in [-0.3, -0.25) is 4.79 Å². The van der Waals surface area contributed by atoms with Gasteiger partial charge in [0.05, 0.1) is 0 Å². The molecule has 2 amide bonds. The number of amides is 2. The second-order valence-electron chi connectivity index (χ2n) is 3.84. The number of nitrogens with zero attached hydrogens (tertiary/aromatic N) is 1. The van der Waals surface area contributed by atoms with Gasteiger partial charge in [0, 0.05) is 12.6 Å². The summed E-state index contributed by atoms with van der Waals surface area (Å²) in [6.45, 7) is 3.97. The van der Waals surface area contributed by atoms with Crippen molar-refractivity contribution >= 4 is 12.0 Å². The highest BCUT2D eigenvalue weighted by Gasteiger charge is 2.15. The second kappa shape index (κ2) is 6.23. The van der Waals surface area contributed by atoms with Crippen molar-refractivity contribution in [1.29, 1.82) is 0 Å². The highest BCUT2D eigenvalue weighted by atomic mass is 16.4. The molecule has 3 N–H and O–H groups in total. The predicted octanol–water partition coefficient (Wildman–Crippen LogP) is -0.291. The lowest BCUT2D eigenvalue weighted by Gasteiger charge is -2.19. The van der Waals surface area contributed by atoms with E-state index in [0.717, 1.165) is 0 Å². The van der Waals surface area contributed by atoms with Crippen molar-refractivity contribution in [2.45, 2.75) is 25.9 Å². The number of hydrogen-bond donors (Lipinski definition) is 3. The van der Waals surface area contributed by atoms with Crippen molar-refractivity contribution < 1.29 is 14.7 Å². The van der Waals surface area contributed by atoms with Gasteiger partial charge in [-0.15, -0.1) is 0 Å².